The Morgan fingerprint density at radius 2 is 2.04 bits per heavy atom. The number of amides is 1. The molecule has 0 aliphatic carbocycles. The van der Waals surface area contributed by atoms with Gasteiger partial charge in [-0.2, -0.15) is 0 Å². The lowest BCUT2D eigenvalue weighted by atomic mass is 10.00. The monoisotopic (exact) mass is 363 g/mol. The first-order valence-electron chi connectivity index (χ1n) is 9.48. The van der Waals surface area contributed by atoms with E-state index >= 15 is 0 Å². The Balaban J connectivity index is 1.35. The molecule has 2 aromatic rings. The maximum absolute atomic E-state index is 12.1. The number of nitrogens with zero attached hydrogens (tertiary/aromatic N) is 1. The number of ether oxygens (including phenoxy) is 1. The predicted molar refractivity (Wildman–Crippen MR) is 109 cm³/mol. The van der Waals surface area contributed by atoms with Crippen molar-refractivity contribution in [3.63, 3.8) is 0 Å². The lowest BCUT2D eigenvalue weighted by Crippen LogP contribution is -2.34. The lowest BCUT2D eigenvalue weighted by Gasteiger charge is -2.29. The molecule has 1 unspecified atom stereocenters. The average Bonchev–Trinajstić information content (AvgIpc) is 3.01. The van der Waals surface area contributed by atoms with E-state index in [0.29, 0.717) is 11.5 Å². The number of piperidine rings is 1. The van der Waals surface area contributed by atoms with Gasteiger partial charge < -0.3 is 20.3 Å². The van der Waals surface area contributed by atoms with Crippen LogP contribution in [-0.2, 0) is 4.79 Å². The quantitative estimate of drug-likeness (QED) is 0.793. The Kier molecular flexibility index (Phi) is 5.12. The highest BCUT2D eigenvalue weighted by molar-refractivity contribution is 6.31. The Labute approximate surface area is 160 Å². The zero-order chi connectivity index (χ0) is 18.6. The molecule has 2 aliphatic heterocycles. The van der Waals surface area contributed by atoms with Gasteiger partial charge in [0.05, 0.1) is 12.2 Å². The molecule has 2 aliphatic rings. The number of anilines is 2. The van der Waals surface area contributed by atoms with Crippen molar-refractivity contribution in [2.24, 2.45) is 5.92 Å². The van der Waals surface area contributed by atoms with E-state index in [4.69, 9.17) is 4.74 Å². The molecular weight excluding hydrogens is 338 g/mol. The van der Waals surface area contributed by atoms with Crippen molar-refractivity contribution in [2.75, 3.05) is 37.4 Å². The van der Waals surface area contributed by atoms with Crippen LogP contribution in [0.3, 0.4) is 0 Å². The van der Waals surface area contributed by atoms with Crippen LogP contribution in [0, 0.1) is 5.92 Å². The second-order valence-corrected chi connectivity index (χ2v) is 7.31. The Hall–Kier alpha value is -2.79. The van der Waals surface area contributed by atoms with Gasteiger partial charge in [0.2, 0.25) is 0 Å². The van der Waals surface area contributed by atoms with E-state index in [1.807, 2.05) is 48.5 Å². The van der Waals surface area contributed by atoms with E-state index in [-0.39, 0.29) is 5.91 Å². The fourth-order valence-corrected chi connectivity index (χ4v) is 3.71. The molecule has 1 fully saturated rings. The minimum Gasteiger partial charge on any atom is -0.493 e. The third kappa shape index (κ3) is 4.14. The predicted octanol–water partition coefficient (Wildman–Crippen LogP) is 3.81. The normalized spacial score (nSPS) is 21.0. The number of carbonyl (C=O) groups is 1. The summed E-state index contributed by atoms with van der Waals surface area (Å²) in [6.45, 7) is 3.06. The van der Waals surface area contributed by atoms with Gasteiger partial charge in [-0.05, 0) is 56.8 Å². The van der Waals surface area contributed by atoms with Crippen LogP contribution in [0.1, 0.15) is 18.4 Å². The summed E-state index contributed by atoms with van der Waals surface area (Å²) in [6.07, 6.45) is 4.24. The van der Waals surface area contributed by atoms with Gasteiger partial charge in [-0.15, -0.1) is 0 Å². The minimum absolute atomic E-state index is 0.0823. The fraction of sp³-hybridized carbons (Fsp3) is 0.318. The second-order valence-electron chi connectivity index (χ2n) is 7.31. The van der Waals surface area contributed by atoms with Gasteiger partial charge in [-0.25, -0.2) is 0 Å². The summed E-state index contributed by atoms with van der Waals surface area (Å²) in [5.74, 6) is 1.40. The van der Waals surface area contributed by atoms with Crippen molar-refractivity contribution in [1.82, 2.24) is 4.90 Å². The molecule has 4 rings (SSSR count). The number of rotatable bonds is 5. The molecule has 2 heterocycles. The molecule has 0 saturated carbocycles. The summed E-state index contributed by atoms with van der Waals surface area (Å²) in [5, 5.41) is 6.08. The van der Waals surface area contributed by atoms with E-state index in [2.05, 4.69) is 22.6 Å². The van der Waals surface area contributed by atoms with Crippen molar-refractivity contribution in [2.45, 2.75) is 12.8 Å². The van der Waals surface area contributed by atoms with E-state index in [1.54, 1.807) is 6.20 Å². The van der Waals surface area contributed by atoms with Crippen LogP contribution in [0.5, 0.6) is 5.75 Å². The molecule has 0 spiro atoms. The molecule has 140 valence electrons. The van der Waals surface area contributed by atoms with Gasteiger partial charge in [0.15, 0.2) is 0 Å². The van der Waals surface area contributed by atoms with Crippen molar-refractivity contribution in [3.8, 4) is 5.75 Å². The maximum atomic E-state index is 12.1. The van der Waals surface area contributed by atoms with Gasteiger partial charge in [-0.3, -0.25) is 4.79 Å². The average molecular weight is 363 g/mol. The molecule has 0 aromatic heterocycles. The molecule has 1 amide bonds. The molecule has 0 bridgehead atoms. The second kappa shape index (κ2) is 7.84. The number of fused-ring (bicyclic) bond motifs is 1. The third-order valence-electron chi connectivity index (χ3n) is 5.16. The topological polar surface area (TPSA) is 53.6 Å². The fourth-order valence-electron chi connectivity index (χ4n) is 3.71. The van der Waals surface area contributed by atoms with E-state index in [0.717, 1.165) is 35.8 Å². The Morgan fingerprint density at radius 1 is 1.22 bits per heavy atom. The van der Waals surface area contributed by atoms with Crippen LogP contribution in [0.15, 0.2) is 54.7 Å². The molecule has 5 heteroatoms. The largest absolute Gasteiger partial charge is 0.493 e. The van der Waals surface area contributed by atoms with Crippen LogP contribution in [0.25, 0.3) is 5.57 Å². The van der Waals surface area contributed by atoms with Gasteiger partial charge in [0, 0.05) is 35.6 Å². The van der Waals surface area contributed by atoms with Gasteiger partial charge in [0.1, 0.15) is 5.75 Å². The number of para-hydroxylation sites is 1. The van der Waals surface area contributed by atoms with Crippen LogP contribution in [-0.4, -0.2) is 37.6 Å². The van der Waals surface area contributed by atoms with E-state index in [9.17, 15) is 4.79 Å². The number of hydrogen-bond donors (Lipinski definition) is 2. The summed E-state index contributed by atoms with van der Waals surface area (Å²) >= 11 is 0. The van der Waals surface area contributed by atoms with Gasteiger partial charge >= 0.3 is 0 Å². The molecule has 27 heavy (non-hydrogen) atoms. The molecule has 1 saturated heterocycles. The number of likely N-dealkylation sites (tertiary alicyclic amines) is 1. The molecule has 2 aromatic carbocycles. The van der Waals surface area contributed by atoms with E-state index in [1.165, 1.54) is 19.4 Å². The third-order valence-corrected chi connectivity index (χ3v) is 5.16. The van der Waals surface area contributed by atoms with E-state index < -0.39 is 0 Å². The summed E-state index contributed by atoms with van der Waals surface area (Å²) in [7, 11) is 2.17. The first-order valence-corrected chi connectivity index (χ1v) is 9.48. The number of benzene rings is 2. The molecule has 5 nitrogen and oxygen atoms in total. The molecule has 1 atom stereocenters. The molecule has 2 N–H and O–H groups in total. The Bertz CT molecular complexity index is 845. The van der Waals surface area contributed by atoms with Crippen LogP contribution in [0.2, 0.25) is 0 Å². The Morgan fingerprint density at radius 3 is 2.85 bits per heavy atom. The van der Waals surface area contributed by atoms with Crippen LogP contribution >= 0.6 is 0 Å². The number of hydrogen-bond acceptors (Lipinski definition) is 4. The van der Waals surface area contributed by atoms with Crippen molar-refractivity contribution < 1.29 is 9.53 Å². The summed E-state index contributed by atoms with van der Waals surface area (Å²) < 4.78 is 5.96. The standard InChI is InChI=1S/C22H25N3O2/c1-25-12-4-5-16(14-25)15-27-18-10-8-17(9-11-18)23-13-20-19-6-2-3-7-21(19)24-22(20)26/h2-3,6-11,13,16,23H,4-5,12,14-15H2,1H3,(H,24,26)/b20-13-. The number of carbonyl (C=O) groups excluding carboxylic acids is 1. The zero-order valence-electron chi connectivity index (χ0n) is 15.6. The molecule has 0 radical (unpaired) electrons. The smallest absolute Gasteiger partial charge is 0.257 e. The maximum Gasteiger partial charge on any atom is 0.257 e. The summed E-state index contributed by atoms with van der Waals surface area (Å²) in [4.78, 5) is 14.5. The zero-order valence-corrected chi connectivity index (χ0v) is 15.6. The highest BCUT2D eigenvalue weighted by Gasteiger charge is 2.23. The van der Waals surface area contributed by atoms with Crippen LogP contribution in [0.4, 0.5) is 11.4 Å². The first kappa shape index (κ1) is 17.6. The van der Waals surface area contributed by atoms with Crippen LogP contribution < -0.4 is 15.4 Å². The SMILES string of the molecule is CN1CCCC(COc2ccc(N/C=C3\C(=O)Nc4ccccc43)cc2)C1. The minimum atomic E-state index is -0.0823. The summed E-state index contributed by atoms with van der Waals surface area (Å²) in [6, 6.07) is 15.6. The first-order chi connectivity index (χ1) is 13.2. The van der Waals surface area contributed by atoms with Crippen molar-refractivity contribution >= 4 is 22.9 Å². The van der Waals surface area contributed by atoms with Crippen molar-refractivity contribution in [3.05, 3.63) is 60.3 Å². The summed E-state index contributed by atoms with van der Waals surface area (Å²) in [5.41, 5.74) is 3.34. The van der Waals surface area contributed by atoms with Gasteiger partial charge in [-0.1, -0.05) is 18.2 Å². The number of nitrogens with one attached hydrogen (secondary N) is 2. The molecular formula is C22H25N3O2. The lowest BCUT2D eigenvalue weighted by molar-refractivity contribution is -0.110. The van der Waals surface area contributed by atoms with Crippen molar-refractivity contribution in [1.29, 1.82) is 0 Å². The van der Waals surface area contributed by atoms with Gasteiger partial charge in [0.25, 0.3) is 5.91 Å². The highest BCUT2D eigenvalue weighted by Crippen LogP contribution is 2.31. The highest BCUT2D eigenvalue weighted by atomic mass is 16.5.